The van der Waals surface area contributed by atoms with Crippen molar-refractivity contribution in [1.29, 1.82) is 0 Å². The number of rotatable bonds is 6. The van der Waals surface area contributed by atoms with Gasteiger partial charge in [0, 0.05) is 18.2 Å². The van der Waals surface area contributed by atoms with Crippen molar-refractivity contribution in [2.45, 2.75) is 26.2 Å². The average molecular weight is 244 g/mol. The molecule has 94 valence electrons. The van der Waals surface area contributed by atoms with E-state index in [1.807, 2.05) is 13.2 Å². The van der Waals surface area contributed by atoms with E-state index in [4.69, 9.17) is 0 Å². The number of hydrogen-bond donors (Lipinski definition) is 2. The number of hydrogen-bond acceptors (Lipinski definition) is 3. The molecule has 2 unspecified atom stereocenters. The van der Waals surface area contributed by atoms with Crippen LogP contribution in [0.1, 0.15) is 26.2 Å². The highest BCUT2D eigenvalue weighted by molar-refractivity contribution is 7.98. The quantitative estimate of drug-likeness (QED) is 0.744. The summed E-state index contributed by atoms with van der Waals surface area (Å²) < 4.78 is 0. The first kappa shape index (κ1) is 13.8. The van der Waals surface area contributed by atoms with E-state index in [-0.39, 0.29) is 11.8 Å². The fourth-order valence-electron chi connectivity index (χ4n) is 2.07. The minimum Gasteiger partial charge on any atom is -0.356 e. The first-order chi connectivity index (χ1) is 7.74. The minimum atomic E-state index is 0.138. The molecule has 0 spiro atoms. The normalized spacial score (nSPS) is 22.8. The summed E-state index contributed by atoms with van der Waals surface area (Å²) >= 11 is 1.73. The largest absolute Gasteiger partial charge is 0.356 e. The molecule has 0 aromatic heterocycles. The fourth-order valence-corrected chi connectivity index (χ4v) is 2.72. The fraction of sp³-hybridized carbons (Fsp3) is 0.917. The predicted molar refractivity (Wildman–Crippen MR) is 70.8 cm³/mol. The van der Waals surface area contributed by atoms with Gasteiger partial charge in [0.1, 0.15) is 0 Å². The van der Waals surface area contributed by atoms with Gasteiger partial charge < -0.3 is 10.6 Å². The summed E-state index contributed by atoms with van der Waals surface area (Å²) in [5.41, 5.74) is 0. The third kappa shape index (κ3) is 5.21. The lowest BCUT2D eigenvalue weighted by Gasteiger charge is -2.22. The zero-order valence-electron chi connectivity index (χ0n) is 10.4. The van der Waals surface area contributed by atoms with Crippen molar-refractivity contribution in [2.75, 3.05) is 31.6 Å². The van der Waals surface area contributed by atoms with E-state index in [9.17, 15) is 4.79 Å². The van der Waals surface area contributed by atoms with Gasteiger partial charge in [-0.2, -0.15) is 11.8 Å². The van der Waals surface area contributed by atoms with Crippen LogP contribution in [0.2, 0.25) is 0 Å². The second kappa shape index (κ2) is 7.96. The molecule has 0 saturated carbocycles. The van der Waals surface area contributed by atoms with Crippen LogP contribution in [-0.2, 0) is 4.79 Å². The van der Waals surface area contributed by atoms with Gasteiger partial charge in [0.25, 0.3) is 0 Å². The van der Waals surface area contributed by atoms with Gasteiger partial charge in [0.2, 0.25) is 5.91 Å². The van der Waals surface area contributed by atoms with E-state index in [2.05, 4.69) is 10.6 Å². The molecule has 1 heterocycles. The van der Waals surface area contributed by atoms with Crippen molar-refractivity contribution in [3.63, 3.8) is 0 Å². The maximum absolute atomic E-state index is 11.6. The highest BCUT2D eigenvalue weighted by Crippen LogP contribution is 2.13. The number of carbonyl (C=O) groups is 1. The maximum atomic E-state index is 11.6. The molecule has 4 heteroatoms. The number of amides is 1. The Morgan fingerprint density at radius 1 is 1.62 bits per heavy atom. The van der Waals surface area contributed by atoms with Gasteiger partial charge in [0.15, 0.2) is 0 Å². The van der Waals surface area contributed by atoms with Gasteiger partial charge in [0.05, 0.1) is 0 Å². The summed E-state index contributed by atoms with van der Waals surface area (Å²) in [6, 6.07) is 0. The lowest BCUT2D eigenvalue weighted by molar-refractivity contribution is -0.123. The molecule has 2 N–H and O–H groups in total. The van der Waals surface area contributed by atoms with E-state index >= 15 is 0 Å². The SMILES string of the molecule is CSCC(C)C(=O)NCCC1CCCNC1. The Morgan fingerprint density at radius 2 is 2.44 bits per heavy atom. The summed E-state index contributed by atoms with van der Waals surface area (Å²) in [5.74, 6) is 2.01. The minimum absolute atomic E-state index is 0.138. The van der Waals surface area contributed by atoms with Crippen LogP contribution in [0.5, 0.6) is 0 Å². The molecule has 0 aliphatic carbocycles. The molecule has 0 bridgehead atoms. The van der Waals surface area contributed by atoms with Crippen LogP contribution in [0.15, 0.2) is 0 Å². The van der Waals surface area contributed by atoms with Gasteiger partial charge >= 0.3 is 0 Å². The Bertz CT molecular complexity index is 205. The van der Waals surface area contributed by atoms with Crippen molar-refractivity contribution in [3.05, 3.63) is 0 Å². The molecule has 16 heavy (non-hydrogen) atoms. The molecule has 1 fully saturated rings. The predicted octanol–water partition coefficient (Wildman–Crippen LogP) is 1.49. The zero-order valence-corrected chi connectivity index (χ0v) is 11.2. The van der Waals surface area contributed by atoms with Crippen molar-refractivity contribution < 1.29 is 4.79 Å². The first-order valence-corrected chi connectivity index (χ1v) is 7.60. The standard InChI is InChI=1S/C12H24N2OS/c1-10(9-16-2)12(15)14-7-5-11-4-3-6-13-8-11/h10-11,13H,3-9H2,1-2H3,(H,14,15). The van der Waals surface area contributed by atoms with Crippen LogP contribution >= 0.6 is 11.8 Å². The van der Waals surface area contributed by atoms with Gasteiger partial charge in [-0.1, -0.05) is 6.92 Å². The van der Waals surface area contributed by atoms with Crippen molar-refractivity contribution >= 4 is 17.7 Å². The molecule has 2 atom stereocenters. The lowest BCUT2D eigenvalue weighted by atomic mass is 9.96. The summed E-state index contributed by atoms with van der Waals surface area (Å²) in [6.07, 6.45) is 5.74. The molecule has 3 nitrogen and oxygen atoms in total. The third-order valence-corrected chi connectivity index (χ3v) is 3.95. The number of thioether (sulfide) groups is 1. The zero-order chi connectivity index (χ0) is 11.8. The van der Waals surface area contributed by atoms with E-state index < -0.39 is 0 Å². The van der Waals surface area contributed by atoms with Crippen molar-refractivity contribution in [3.8, 4) is 0 Å². The van der Waals surface area contributed by atoms with Gasteiger partial charge in [-0.15, -0.1) is 0 Å². The van der Waals surface area contributed by atoms with Crippen LogP contribution in [-0.4, -0.2) is 37.6 Å². The summed E-state index contributed by atoms with van der Waals surface area (Å²) in [5, 5.41) is 6.43. The summed E-state index contributed by atoms with van der Waals surface area (Å²) in [7, 11) is 0. The molecular weight excluding hydrogens is 220 g/mol. The second-order valence-electron chi connectivity index (χ2n) is 4.65. The maximum Gasteiger partial charge on any atom is 0.223 e. The topological polar surface area (TPSA) is 41.1 Å². The Morgan fingerprint density at radius 3 is 3.06 bits per heavy atom. The van der Waals surface area contributed by atoms with Gasteiger partial charge in [-0.05, 0) is 44.5 Å². The molecule has 0 radical (unpaired) electrons. The molecule has 1 amide bonds. The average Bonchev–Trinajstić information content (AvgIpc) is 2.30. The Kier molecular flexibility index (Phi) is 6.88. The molecule has 0 aromatic carbocycles. The smallest absolute Gasteiger partial charge is 0.223 e. The third-order valence-electron chi connectivity index (χ3n) is 3.12. The van der Waals surface area contributed by atoms with E-state index in [0.29, 0.717) is 0 Å². The van der Waals surface area contributed by atoms with Crippen LogP contribution in [0, 0.1) is 11.8 Å². The Labute approximate surface area is 103 Å². The molecule has 1 aliphatic heterocycles. The monoisotopic (exact) mass is 244 g/mol. The van der Waals surface area contributed by atoms with Crippen molar-refractivity contribution in [1.82, 2.24) is 10.6 Å². The second-order valence-corrected chi connectivity index (χ2v) is 5.56. The summed E-state index contributed by atoms with van der Waals surface area (Å²) in [6.45, 7) is 5.11. The number of carbonyl (C=O) groups excluding carboxylic acids is 1. The van der Waals surface area contributed by atoms with E-state index in [0.717, 1.165) is 37.7 Å². The van der Waals surface area contributed by atoms with E-state index in [1.165, 1.54) is 12.8 Å². The Hall–Kier alpha value is -0.220. The molecule has 1 aliphatic rings. The van der Waals surface area contributed by atoms with Gasteiger partial charge in [-0.25, -0.2) is 0 Å². The van der Waals surface area contributed by atoms with Crippen LogP contribution < -0.4 is 10.6 Å². The van der Waals surface area contributed by atoms with E-state index in [1.54, 1.807) is 11.8 Å². The Balaban J connectivity index is 2.07. The molecule has 1 rings (SSSR count). The van der Waals surface area contributed by atoms with Crippen LogP contribution in [0.3, 0.4) is 0 Å². The summed E-state index contributed by atoms with van der Waals surface area (Å²) in [4.78, 5) is 11.6. The first-order valence-electron chi connectivity index (χ1n) is 6.21. The van der Waals surface area contributed by atoms with Crippen LogP contribution in [0.4, 0.5) is 0 Å². The molecule has 1 saturated heterocycles. The molecule has 0 aromatic rings. The van der Waals surface area contributed by atoms with Gasteiger partial charge in [-0.3, -0.25) is 4.79 Å². The number of nitrogens with one attached hydrogen (secondary N) is 2. The van der Waals surface area contributed by atoms with Crippen LogP contribution in [0.25, 0.3) is 0 Å². The number of piperidine rings is 1. The molecular formula is C12H24N2OS. The highest BCUT2D eigenvalue weighted by atomic mass is 32.2. The van der Waals surface area contributed by atoms with Crippen molar-refractivity contribution in [2.24, 2.45) is 11.8 Å². The highest BCUT2D eigenvalue weighted by Gasteiger charge is 2.14. The lowest BCUT2D eigenvalue weighted by Crippen LogP contribution is -2.35.